The van der Waals surface area contributed by atoms with Gasteiger partial charge in [0.25, 0.3) is 11.8 Å². The topological polar surface area (TPSA) is 176 Å². The molecule has 0 saturated carbocycles. The zero-order valence-corrected chi connectivity index (χ0v) is 40.0. The number of nitrogens with one attached hydrogen (secondary N) is 2. The van der Waals surface area contributed by atoms with E-state index in [0.29, 0.717) is 46.5 Å². The molecule has 19 heteroatoms. The van der Waals surface area contributed by atoms with Gasteiger partial charge in [0.1, 0.15) is 6.54 Å². The van der Waals surface area contributed by atoms with E-state index in [1.54, 1.807) is 30.3 Å². The molecular formula is C39H58B2Br2Cl3N3O9. The highest BCUT2D eigenvalue weighted by Crippen LogP contribution is 2.32. The fourth-order valence-corrected chi connectivity index (χ4v) is 6.84. The Morgan fingerprint density at radius 1 is 0.741 bits per heavy atom. The maximum atomic E-state index is 12.5. The molecule has 2 heterocycles. The number of halogens is 5. The molecule has 2 aromatic rings. The molecule has 324 valence electrons. The minimum atomic E-state index is -1.10. The van der Waals surface area contributed by atoms with Crippen molar-refractivity contribution in [2.45, 2.75) is 86.4 Å². The summed E-state index contributed by atoms with van der Waals surface area (Å²) in [7, 11) is -0.583. The summed E-state index contributed by atoms with van der Waals surface area (Å²) in [5.41, 5.74) is 6.69. The highest BCUT2D eigenvalue weighted by Gasteiger charge is 2.39. The number of rotatable bonds is 14. The fourth-order valence-electron chi connectivity index (χ4n) is 5.71. The zero-order chi connectivity index (χ0) is 43.1. The Morgan fingerprint density at radius 2 is 1.14 bits per heavy atom. The smallest absolute Gasteiger partial charge is 0.474 e. The average molecular weight is 1000 g/mol. The molecule has 2 aliphatic rings. The number of hydrogen-bond acceptors (Lipinski definition) is 9. The van der Waals surface area contributed by atoms with Crippen LogP contribution in [0.15, 0.2) is 45.3 Å². The third kappa shape index (κ3) is 20.7. The SMILES string of the molecule is CC(C)C[C@H](CC(=O)CNC(=O)c1cc(Br)ccc1Cl)B1OCC(C)(C)CO1.CC(C)C[C@H](N)B1OCC(C)(C)CO1.Cl.O=C(O)CNC(=O)c1cc(Br)ccc1Cl. The van der Waals surface area contributed by atoms with Crippen LogP contribution in [-0.2, 0) is 28.2 Å². The van der Waals surface area contributed by atoms with Crippen LogP contribution in [0, 0.1) is 22.7 Å². The maximum absolute atomic E-state index is 12.5. The van der Waals surface area contributed by atoms with Gasteiger partial charge in [-0.3, -0.25) is 19.2 Å². The van der Waals surface area contributed by atoms with Crippen molar-refractivity contribution in [2.75, 3.05) is 39.5 Å². The fraction of sp³-hybridized carbons (Fsp3) is 0.590. The molecule has 0 spiro atoms. The van der Waals surface area contributed by atoms with E-state index in [1.165, 1.54) is 6.07 Å². The normalized spacial score (nSPS) is 16.7. The number of carbonyl (C=O) groups excluding carboxylic acids is 3. The van der Waals surface area contributed by atoms with Crippen LogP contribution >= 0.6 is 67.5 Å². The van der Waals surface area contributed by atoms with Gasteiger partial charge in [-0.1, -0.05) is 110 Å². The first-order chi connectivity index (χ1) is 26.5. The Morgan fingerprint density at radius 3 is 1.53 bits per heavy atom. The molecule has 12 nitrogen and oxygen atoms in total. The van der Waals surface area contributed by atoms with Gasteiger partial charge in [-0.25, -0.2) is 0 Å². The Labute approximate surface area is 377 Å². The largest absolute Gasteiger partial charge is 0.480 e. The molecule has 2 saturated heterocycles. The standard InChI is InChI=1S/C20H28BBrClNO4.C10H22BNO2.C9H7BrClNO3.ClH/c1-13(2)7-14(21-27-11-20(3,4)12-28-21)8-16(25)10-24-19(26)17-9-15(22)5-6-18(17)23;1-8(2)5-9(12)11-13-6-10(3,4)7-14-11;10-5-1-2-7(11)6(3-5)9(15)12-4-8(13)14;/h5-6,9,13-14H,7-8,10-12H2,1-4H3,(H,24,26);8-9H,5-7,12H2,1-4H3;1-3H,4H2,(H,12,15)(H,13,14);1H/t14-;9-;;/m10../s1. The molecule has 5 N–H and O–H groups in total. The van der Waals surface area contributed by atoms with Crippen molar-refractivity contribution < 1.29 is 42.9 Å². The first-order valence-corrected chi connectivity index (χ1v) is 21.2. The van der Waals surface area contributed by atoms with Gasteiger partial charge in [0.05, 0.1) is 27.7 Å². The number of carboxylic acid groups (broad SMARTS) is 1. The van der Waals surface area contributed by atoms with Crippen LogP contribution in [0.3, 0.4) is 0 Å². The molecule has 0 radical (unpaired) electrons. The molecule has 2 aromatic carbocycles. The van der Waals surface area contributed by atoms with Gasteiger partial charge in [0.15, 0.2) is 5.78 Å². The summed E-state index contributed by atoms with van der Waals surface area (Å²) < 4.78 is 24.5. The van der Waals surface area contributed by atoms with Crippen LogP contribution in [-0.4, -0.2) is 88.4 Å². The van der Waals surface area contributed by atoms with Crippen LogP contribution < -0.4 is 16.4 Å². The minimum Gasteiger partial charge on any atom is -0.480 e. The van der Waals surface area contributed by atoms with E-state index < -0.39 is 18.4 Å². The van der Waals surface area contributed by atoms with Crippen LogP contribution in [0.1, 0.15) is 95.4 Å². The number of Topliss-reactive ketones (excluding diaryl/α,β-unsaturated/α-hetero) is 1. The van der Waals surface area contributed by atoms with Crippen LogP contribution in [0.4, 0.5) is 0 Å². The zero-order valence-electron chi connectivity index (χ0n) is 34.5. The number of carboxylic acids is 1. The summed E-state index contributed by atoms with van der Waals surface area (Å²) in [5.74, 6) is -1.06. The number of amides is 2. The van der Waals surface area contributed by atoms with Crippen molar-refractivity contribution in [2.24, 2.45) is 28.4 Å². The second-order valence-electron chi connectivity index (χ2n) is 16.7. The second-order valence-corrected chi connectivity index (χ2v) is 19.4. The molecular weight excluding hydrogens is 942 g/mol. The molecule has 2 aliphatic heterocycles. The molecule has 0 aromatic heterocycles. The summed E-state index contributed by atoms with van der Waals surface area (Å²) in [4.78, 5) is 46.5. The highest BCUT2D eigenvalue weighted by atomic mass is 79.9. The average Bonchev–Trinajstić information content (AvgIpc) is 3.11. The number of hydrogen-bond donors (Lipinski definition) is 4. The molecule has 2 atom stereocenters. The predicted octanol–water partition coefficient (Wildman–Crippen LogP) is 8.57. The third-order valence-corrected chi connectivity index (χ3v) is 10.1. The lowest BCUT2D eigenvalue weighted by Gasteiger charge is -2.36. The molecule has 0 bridgehead atoms. The summed E-state index contributed by atoms with van der Waals surface area (Å²) in [6, 6.07) is 9.80. The number of benzene rings is 2. The summed E-state index contributed by atoms with van der Waals surface area (Å²) in [5, 5.41) is 13.9. The van der Waals surface area contributed by atoms with E-state index in [-0.39, 0.29) is 78.1 Å². The van der Waals surface area contributed by atoms with E-state index in [4.69, 9.17) is 52.7 Å². The van der Waals surface area contributed by atoms with Crippen LogP contribution in [0.25, 0.3) is 0 Å². The number of ketones is 1. The second kappa shape index (κ2) is 25.9. The van der Waals surface area contributed by atoms with Crippen LogP contribution in [0.5, 0.6) is 0 Å². The molecule has 2 fully saturated rings. The predicted molar refractivity (Wildman–Crippen MR) is 241 cm³/mol. The van der Waals surface area contributed by atoms with Gasteiger partial charge >= 0.3 is 20.2 Å². The summed E-state index contributed by atoms with van der Waals surface area (Å²) in [6.07, 6.45) is 2.07. The first kappa shape index (κ1) is 54.3. The van der Waals surface area contributed by atoms with Crippen molar-refractivity contribution in [3.8, 4) is 0 Å². The van der Waals surface area contributed by atoms with Gasteiger partial charge in [-0.05, 0) is 61.1 Å². The number of aliphatic carboxylic acids is 1. The van der Waals surface area contributed by atoms with Crippen molar-refractivity contribution in [1.29, 1.82) is 0 Å². The summed E-state index contributed by atoms with van der Waals surface area (Å²) >= 11 is 18.4. The first-order valence-electron chi connectivity index (χ1n) is 18.9. The quantitative estimate of drug-likeness (QED) is 0.134. The van der Waals surface area contributed by atoms with Crippen molar-refractivity contribution in [3.05, 3.63) is 66.5 Å². The van der Waals surface area contributed by atoms with Gasteiger partial charge in [0.2, 0.25) is 0 Å². The Balaban J connectivity index is 0.000000474. The minimum absolute atomic E-state index is 0. The number of nitrogens with two attached hydrogens (primary N) is 1. The van der Waals surface area contributed by atoms with Gasteiger partial charge in [-0.15, -0.1) is 12.4 Å². The van der Waals surface area contributed by atoms with Gasteiger partial charge in [0, 0.05) is 64.4 Å². The summed E-state index contributed by atoms with van der Waals surface area (Å²) in [6.45, 7) is 19.2. The van der Waals surface area contributed by atoms with E-state index in [1.807, 2.05) is 0 Å². The van der Waals surface area contributed by atoms with Crippen LogP contribution in [0.2, 0.25) is 15.9 Å². The van der Waals surface area contributed by atoms with Crippen molar-refractivity contribution in [3.63, 3.8) is 0 Å². The van der Waals surface area contributed by atoms with Crippen molar-refractivity contribution >= 4 is 105 Å². The van der Waals surface area contributed by atoms with E-state index in [9.17, 15) is 19.2 Å². The van der Waals surface area contributed by atoms with E-state index >= 15 is 0 Å². The lowest BCUT2D eigenvalue weighted by molar-refractivity contribution is -0.135. The molecule has 4 rings (SSSR count). The molecule has 0 aliphatic carbocycles. The van der Waals surface area contributed by atoms with E-state index in [0.717, 1.165) is 30.5 Å². The molecule has 2 amide bonds. The van der Waals surface area contributed by atoms with Gasteiger partial charge in [-0.2, -0.15) is 0 Å². The van der Waals surface area contributed by atoms with E-state index in [2.05, 4.69) is 97.9 Å². The van der Waals surface area contributed by atoms with Gasteiger partial charge < -0.3 is 40.1 Å². The van der Waals surface area contributed by atoms with Crippen molar-refractivity contribution in [1.82, 2.24) is 10.6 Å². The Hall–Kier alpha value is -1.72. The molecule has 0 unspecified atom stereocenters. The third-order valence-electron chi connectivity index (χ3n) is 8.49. The Kier molecular flexibility index (Phi) is 24.3. The molecule has 58 heavy (non-hydrogen) atoms. The lowest BCUT2D eigenvalue weighted by atomic mass is 9.64. The highest BCUT2D eigenvalue weighted by molar-refractivity contribution is 9.10. The maximum Gasteiger partial charge on any atom is 0.474 e. The monoisotopic (exact) mass is 997 g/mol. The Bertz CT molecular complexity index is 1640. The number of carbonyl (C=O) groups is 4. The lowest BCUT2D eigenvalue weighted by Crippen LogP contribution is -2.51.